The third kappa shape index (κ3) is 4.85. The lowest BCUT2D eigenvalue weighted by Crippen LogP contribution is -2.47. The van der Waals surface area contributed by atoms with Gasteiger partial charge in [0.25, 0.3) is 5.56 Å². The summed E-state index contributed by atoms with van der Waals surface area (Å²) in [5, 5.41) is 1.43. The number of nitrogens with one attached hydrogen (secondary N) is 1. The minimum atomic E-state index is -0.0865. The number of aromatic nitrogens is 2. The standard InChI is InChI=1S/C27H31ClN4O/c1-27(2)10-9-23(19-3-5-21(28)6-4-19)20(16-27)17-31-11-13-32(14-12-31)22-7-8-24-25(15-22)29-18-30-26(24)33/h3-8,15,18H,9-14,16-17H2,1-2H3,(H,29,30,33). The number of piperazine rings is 1. The van der Waals surface area contributed by atoms with Crippen molar-refractivity contribution in [2.45, 2.75) is 33.1 Å². The first-order valence-electron chi connectivity index (χ1n) is 11.8. The average Bonchev–Trinajstić information content (AvgIpc) is 2.80. The zero-order valence-corrected chi connectivity index (χ0v) is 20.2. The van der Waals surface area contributed by atoms with E-state index in [1.165, 1.54) is 23.9 Å². The first-order chi connectivity index (χ1) is 15.9. The Morgan fingerprint density at radius 1 is 1.06 bits per heavy atom. The van der Waals surface area contributed by atoms with Gasteiger partial charge in [-0.05, 0) is 66.1 Å². The van der Waals surface area contributed by atoms with Gasteiger partial charge in [-0.25, -0.2) is 4.98 Å². The van der Waals surface area contributed by atoms with E-state index in [0.29, 0.717) is 10.8 Å². The Hall–Kier alpha value is -2.63. The lowest BCUT2D eigenvalue weighted by Gasteiger charge is -2.39. The summed E-state index contributed by atoms with van der Waals surface area (Å²) in [6.45, 7) is 9.81. The summed E-state index contributed by atoms with van der Waals surface area (Å²) >= 11 is 6.14. The van der Waals surface area contributed by atoms with Gasteiger partial charge in [0, 0.05) is 43.4 Å². The van der Waals surface area contributed by atoms with E-state index in [0.717, 1.165) is 61.8 Å². The summed E-state index contributed by atoms with van der Waals surface area (Å²) in [4.78, 5) is 23.9. The van der Waals surface area contributed by atoms with Gasteiger partial charge in [-0.2, -0.15) is 0 Å². The van der Waals surface area contributed by atoms with Crippen LogP contribution in [0, 0.1) is 5.41 Å². The minimum absolute atomic E-state index is 0.0865. The number of nitrogens with zero attached hydrogens (tertiary/aromatic N) is 3. The SMILES string of the molecule is CC1(C)CCC(c2ccc(Cl)cc2)=C(CN2CCN(c3ccc4c(=O)[nH]cnc4c3)CC2)C1. The van der Waals surface area contributed by atoms with Gasteiger partial charge in [-0.1, -0.05) is 43.2 Å². The number of H-pyrrole nitrogens is 1. The molecule has 0 spiro atoms. The predicted octanol–water partition coefficient (Wildman–Crippen LogP) is 5.36. The largest absolute Gasteiger partial charge is 0.369 e. The van der Waals surface area contributed by atoms with E-state index in [4.69, 9.17) is 11.6 Å². The van der Waals surface area contributed by atoms with Crippen LogP contribution in [0.15, 0.2) is 59.2 Å². The van der Waals surface area contributed by atoms with Crippen LogP contribution in [0.5, 0.6) is 0 Å². The first kappa shape index (κ1) is 22.2. The molecule has 0 unspecified atom stereocenters. The van der Waals surface area contributed by atoms with E-state index in [1.54, 1.807) is 5.57 Å². The maximum Gasteiger partial charge on any atom is 0.258 e. The molecule has 1 aliphatic heterocycles. The van der Waals surface area contributed by atoms with Gasteiger partial charge in [0.05, 0.1) is 17.2 Å². The Morgan fingerprint density at radius 3 is 2.58 bits per heavy atom. The summed E-state index contributed by atoms with van der Waals surface area (Å²) in [5.41, 5.74) is 6.57. The molecule has 6 heteroatoms. The third-order valence-electron chi connectivity index (χ3n) is 7.14. The summed E-state index contributed by atoms with van der Waals surface area (Å²) in [6.07, 6.45) is 4.98. The van der Waals surface area contributed by atoms with Gasteiger partial charge in [0.15, 0.2) is 0 Å². The Labute approximate surface area is 200 Å². The van der Waals surface area contributed by atoms with Crippen molar-refractivity contribution in [3.8, 4) is 0 Å². The number of aromatic amines is 1. The van der Waals surface area contributed by atoms with Crippen LogP contribution in [-0.2, 0) is 0 Å². The normalized spacial score (nSPS) is 19.3. The molecule has 1 N–H and O–H groups in total. The molecule has 0 bridgehead atoms. The summed E-state index contributed by atoms with van der Waals surface area (Å²) in [7, 11) is 0. The summed E-state index contributed by atoms with van der Waals surface area (Å²) < 4.78 is 0. The number of anilines is 1. The van der Waals surface area contributed by atoms with Crippen molar-refractivity contribution in [3.05, 3.63) is 75.3 Å². The smallest absolute Gasteiger partial charge is 0.258 e. The number of halogens is 1. The van der Waals surface area contributed by atoms with Crippen LogP contribution in [0.1, 0.15) is 38.7 Å². The van der Waals surface area contributed by atoms with Crippen molar-refractivity contribution >= 4 is 33.8 Å². The van der Waals surface area contributed by atoms with E-state index in [9.17, 15) is 4.79 Å². The van der Waals surface area contributed by atoms with Crippen LogP contribution in [-0.4, -0.2) is 47.6 Å². The van der Waals surface area contributed by atoms with Gasteiger partial charge in [-0.15, -0.1) is 0 Å². The third-order valence-corrected chi connectivity index (χ3v) is 7.39. The molecule has 5 rings (SSSR count). The monoisotopic (exact) mass is 462 g/mol. The van der Waals surface area contributed by atoms with Crippen molar-refractivity contribution < 1.29 is 0 Å². The highest BCUT2D eigenvalue weighted by Gasteiger charge is 2.29. The van der Waals surface area contributed by atoms with Crippen molar-refractivity contribution in [2.24, 2.45) is 5.41 Å². The van der Waals surface area contributed by atoms with Gasteiger partial charge >= 0.3 is 0 Å². The van der Waals surface area contributed by atoms with Gasteiger partial charge in [0.1, 0.15) is 0 Å². The highest BCUT2D eigenvalue weighted by Crippen LogP contribution is 2.42. The van der Waals surface area contributed by atoms with Crippen molar-refractivity contribution in [2.75, 3.05) is 37.6 Å². The molecule has 1 aliphatic carbocycles. The second kappa shape index (κ2) is 8.96. The lowest BCUT2D eigenvalue weighted by molar-refractivity contribution is 0.256. The van der Waals surface area contributed by atoms with Crippen LogP contribution < -0.4 is 10.5 Å². The zero-order valence-electron chi connectivity index (χ0n) is 19.4. The van der Waals surface area contributed by atoms with Crippen LogP contribution in [0.2, 0.25) is 5.02 Å². The highest BCUT2D eigenvalue weighted by molar-refractivity contribution is 6.30. The molecule has 172 valence electrons. The predicted molar refractivity (Wildman–Crippen MR) is 137 cm³/mol. The molecule has 2 aromatic carbocycles. The second-order valence-corrected chi connectivity index (χ2v) is 10.6. The molecular weight excluding hydrogens is 432 g/mol. The molecule has 1 fully saturated rings. The Bertz CT molecular complexity index is 1240. The van der Waals surface area contributed by atoms with Gasteiger partial charge in [0.2, 0.25) is 0 Å². The topological polar surface area (TPSA) is 52.2 Å². The fraction of sp³-hybridized carbons (Fsp3) is 0.407. The van der Waals surface area contributed by atoms with Crippen LogP contribution in [0.25, 0.3) is 16.5 Å². The van der Waals surface area contributed by atoms with E-state index in [-0.39, 0.29) is 5.56 Å². The van der Waals surface area contributed by atoms with Gasteiger partial charge < -0.3 is 9.88 Å². The second-order valence-electron chi connectivity index (χ2n) is 10.1. The molecule has 2 heterocycles. The molecule has 5 nitrogen and oxygen atoms in total. The molecule has 0 saturated carbocycles. The Morgan fingerprint density at radius 2 is 1.82 bits per heavy atom. The number of rotatable bonds is 4. The Kier molecular flexibility index (Phi) is 6.02. The average molecular weight is 463 g/mol. The molecule has 33 heavy (non-hydrogen) atoms. The molecule has 0 amide bonds. The number of fused-ring (bicyclic) bond motifs is 1. The molecular formula is C27H31ClN4O. The fourth-order valence-electron chi connectivity index (χ4n) is 5.25. The van der Waals surface area contributed by atoms with Crippen LogP contribution >= 0.6 is 11.6 Å². The number of allylic oxidation sites excluding steroid dienone is 1. The van der Waals surface area contributed by atoms with Crippen molar-refractivity contribution in [1.29, 1.82) is 0 Å². The Balaban J connectivity index is 1.31. The van der Waals surface area contributed by atoms with Crippen LogP contribution in [0.4, 0.5) is 5.69 Å². The molecule has 1 aromatic heterocycles. The van der Waals surface area contributed by atoms with E-state index < -0.39 is 0 Å². The maximum atomic E-state index is 12.0. The molecule has 3 aromatic rings. The van der Waals surface area contributed by atoms with E-state index >= 15 is 0 Å². The zero-order chi connectivity index (χ0) is 23.0. The first-order valence-corrected chi connectivity index (χ1v) is 12.2. The number of benzene rings is 2. The van der Waals surface area contributed by atoms with E-state index in [1.807, 2.05) is 30.3 Å². The molecule has 0 atom stereocenters. The number of hydrogen-bond acceptors (Lipinski definition) is 4. The fourth-order valence-corrected chi connectivity index (χ4v) is 5.38. The van der Waals surface area contributed by atoms with Gasteiger partial charge in [-0.3, -0.25) is 9.69 Å². The molecule has 1 saturated heterocycles. The van der Waals surface area contributed by atoms with E-state index in [2.05, 4.69) is 45.7 Å². The van der Waals surface area contributed by atoms with Crippen molar-refractivity contribution in [1.82, 2.24) is 14.9 Å². The van der Waals surface area contributed by atoms with Crippen LogP contribution in [0.3, 0.4) is 0 Å². The number of hydrogen-bond donors (Lipinski definition) is 1. The summed E-state index contributed by atoms with van der Waals surface area (Å²) in [5.74, 6) is 0. The minimum Gasteiger partial charge on any atom is -0.369 e. The molecule has 2 aliphatic rings. The summed E-state index contributed by atoms with van der Waals surface area (Å²) in [6, 6.07) is 14.3. The maximum absolute atomic E-state index is 12.0. The highest BCUT2D eigenvalue weighted by atomic mass is 35.5. The quantitative estimate of drug-likeness (QED) is 0.566. The molecule has 0 radical (unpaired) electrons. The van der Waals surface area contributed by atoms with Crippen molar-refractivity contribution in [3.63, 3.8) is 0 Å². The lowest BCUT2D eigenvalue weighted by atomic mass is 9.73.